The zero-order valence-electron chi connectivity index (χ0n) is 7.94. The molecule has 0 saturated heterocycles. The fourth-order valence-corrected chi connectivity index (χ4v) is 1.23. The van der Waals surface area contributed by atoms with Crippen molar-refractivity contribution in [3.63, 3.8) is 0 Å². The number of para-hydroxylation sites is 1. The fourth-order valence-electron chi connectivity index (χ4n) is 1.23. The third kappa shape index (κ3) is 1.72. The first kappa shape index (κ1) is 10.2. The zero-order chi connectivity index (χ0) is 10.7. The molecule has 4 nitrogen and oxygen atoms in total. The summed E-state index contributed by atoms with van der Waals surface area (Å²) in [5, 5.41) is 19.5. The minimum Gasteiger partial charge on any atom is -0.258 e. The Kier molecular flexibility index (Phi) is 2.82. The van der Waals surface area contributed by atoms with E-state index in [9.17, 15) is 10.1 Å². The molecule has 14 heavy (non-hydrogen) atoms. The number of nitro groups is 1. The third-order valence-electron chi connectivity index (χ3n) is 1.88. The molecule has 0 saturated carbocycles. The van der Waals surface area contributed by atoms with Gasteiger partial charge in [-0.1, -0.05) is 26.0 Å². The fraction of sp³-hybridized carbons (Fsp3) is 0.200. The molecule has 0 aliphatic heterocycles. The zero-order valence-corrected chi connectivity index (χ0v) is 7.94. The van der Waals surface area contributed by atoms with Gasteiger partial charge in [-0.05, 0) is 6.07 Å². The van der Waals surface area contributed by atoms with Crippen LogP contribution in [0.4, 0.5) is 5.69 Å². The lowest BCUT2D eigenvalue weighted by Gasteiger charge is -2.05. The Morgan fingerprint density at radius 2 is 2.14 bits per heavy atom. The SMILES string of the molecule is C[C](C)c1cccc(C#N)c1[N+](=O)[O-]. The standard InChI is InChI=1S/C10H9N2O2/c1-7(2)9-5-3-4-8(6-11)10(9)12(13)14/h3-5H,1-2H3. The highest BCUT2D eigenvalue weighted by Crippen LogP contribution is 2.28. The Balaban J connectivity index is 3.45. The minimum atomic E-state index is -0.513. The van der Waals surface area contributed by atoms with Gasteiger partial charge in [0.25, 0.3) is 5.69 Å². The molecule has 0 atom stereocenters. The Hall–Kier alpha value is -1.89. The topological polar surface area (TPSA) is 66.9 Å². The molecular weight excluding hydrogens is 180 g/mol. The van der Waals surface area contributed by atoms with Gasteiger partial charge in [0.2, 0.25) is 0 Å². The Morgan fingerprint density at radius 1 is 1.50 bits per heavy atom. The molecule has 1 radical (unpaired) electrons. The van der Waals surface area contributed by atoms with E-state index in [-0.39, 0.29) is 11.3 Å². The molecular formula is C10H9N2O2. The van der Waals surface area contributed by atoms with Crippen LogP contribution in [0.25, 0.3) is 0 Å². The van der Waals surface area contributed by atoms with Crippen LogP contribution < -0.4 is 0 Å². The predicted molar refractivity (Wildman–Crippen MR) is 51.5 cm³/mol. The molecule has 0 heterocycles. The van der Waals surface area contributed by atoms with Gasteiger partial charge < -0.3 is 0 Å². The van der Waals surface area contributed by atoms with Crippen LogP contribution in [0.5, 0.6) is 0 Å². The summed E-state index contributed by atoms with van der Waals surface area (Å²) in [6, 6.07) is 6.56. The van der Waals surface area contributed by atoms with Crippen molar-refractivity contribution in [3.05, 3.63) is 45.4 Å². The third-order valence-corrected chi connectivity index (χ3v) is 1.88. The number of nitro benzene ring substituents is 1. The van der Waals surface area contributed by atoms with Crippen molar-refractivity contribution in [3.8, 4) is 6.07 Å². The molecule has 0 aromatic heterocycles. The molecule has 1 aromatic carbocycles. The number of rotatable bonds is 2. The van der Waals surface area contributed by atoms with E-state index in [4.69, 9.17) is 5.26 Å². The molecule has 0 aliphatic carbocycles. The number of hydrogen-bond donors (Lipinski definition) is 0. The first-order valence-corrected chi connectivity index (χ1v) is 4.06. The van der Waals surface area contributed by atoms with Crippen molar-refractivity contribution in [1.29, 1.82) is 5.26 Å². The largest absolute Gasteiger partial charge is 0.290 e. The molecule has 0 unspecified atom stereocenters. The highest BCUT2D eigenvalue weighted by Gasteiger charge is 2.21. The average Bonchev–Trinajstić information content (AvgIpc) is 2.16. The lowest BCUT2D eigenvalue weighted by molar-refractivity contribution is -0.385. The van der Waals surface area contributed by atoms with E-state index in [0.29, 0.717) is 5.56 Å². The second-order valence-corrected chi connectivity index (χ2v) is 3.07. The van der Waals surface area contributed by atoms with Crippen molar-refractivity contribution >= 4 is 5.69 Å². The monoisotopic (exact) mass is 189 g/mol. The van der Waals surface area contributed by atoms with Crippen LogP contribution in [0.3, 0.4) is 0 Å². The quantitative estimate of drug-likeness (QED) is 0.530. The van der Waals surface area contributed by atoms with Crippen molar-refractivity contribution in [2.24, 2.45) is 0 Å². The van der Waals surface area contributed by atoms with Crippen molar-refractivity contribution in [1.82, 2.24) is 0 Å². The van der Waals surface area contributed by atoms with E-state index in [1.54, 1.807) is 26.0 Å². The first-order valence-electron chi connectivity index (χ1n) is 4.06. The van der Waals surface area contributed by atoms with Crippen molar-refractivity contribution < 1.29 is 4.92 Å². The Labute approximate surface area is 81.9 Å². The lowest BCUT2D eigenvalue weighted by Crippen LogP contribution is -2.00. The first-order chi connectivity index (χ1) is 6.57. The minimum absolute atomic E-state index is 0.102. The molecule has 0 amide bonds. The highest BCUT2D eigenvalue weighted by molar-refractivity contribution is 5.58. The summed E-state index contributed by atoms with van der Waals surface area (Å²) >= 11 is 0. The van der Waals surface area contributed by atoms with E-state index < -0.39 is 4.92 Å². The van der Waals surface area contributed by atoms with Gasteiger partial charge in [-0.3, -0.25) is 10.1 Å². The molecule has 4 heteroatoms. The van der Waals surface area contributed by atoms with E-state index in [0.717, 1.165) is 5.92 Å². The van der Waals surface area contributed by atoms with Crippen LogP contribution in [0.1, 0.15) is 25.0 Å². The van der Waals surface area contributed by atoms with Crippen LogP contribution in [-0.4, -0.2) is 4.92 Å². The molecule has 71 valence electrons. The molecule has 0 aliphatic rings. The van der Waals surface area contributed by atoms with Gasteiger partial charge in [-0.2, -0.15) is 5.26 Å². The average molecular weight is 189 g/mol. The number of benzene rings is 1. The van der Waals surface area contributed by atoms with Gasteiger partial charge in [0, 0.05) is 11.5 Å². The van der Waals surface area contributed by atoms with Crippen molar-refractivity contribution in [2.45, 2.75) is 13.8 Å². The predicted octanol–water partition coefficient (Wildman–Crippen LogP) is 2.43. The molecule has 0 fully saturated rings. The number of nitriles is 1. The van der Waals surface area contributed by atoms with Crippen LogP contribution in [0.15, 0.2) is 18.2 Å². The summed E-state index contributed by atoms with van der Waals surface area (Å²) in [6.45, 7) is 3.56. The van der Waals surface area contributed by atoms with E-state index in [2.05, 4.69) is 0 Å². The molecule has 0 bridgehead atoms. The molecule has 1 aromatic rings. The Morgan fingerprint density at radius 3 is 2.57 bits per heavy atom. The summed E-state index contributed by atoms with van der Waals surface area (Å²) in [7, 11) is 0. The van der Waals surface area contributed by atoms with Crippen LogP contribution in [-0.2, 0) is 0 Å². The number of nitrogens with zero attached hydrogens (tertiary/aromatic N) is 2. The van der Waals surface area contributed by atoms with Gasteiger partial charge in [-0.25, -0.2) is 0 Å². The highest BCUT2D eigenvalue weighted by atomic mass is 16.6. The van der Waals surface area contributed by atoms with Crippen LogP contribution in [0.2, 0.25) is 0 Å². The summed E-state index contributed by atoms with van der Waals surface area (Å²) in [6.07, 6.45) is 0. The maximum absolute atomic E-state index is 10.7. The second-order valence-electron chi connectivity index (χ2n) is 3.07. The van der Waals surface area contributed by atoms with Gasteiger partial charge >= 0.3 is 0 Å². The van der Waals surface area contributed by atoms with E-state index in [1.807, 2.05) is 6.07 Å². The van der Waals surface area contributed by atoms with Crippen LogP contribution >= 0.6 is 0 Å². The summed E-state index contributed by atoms with van der Waals surface area (Å²) in [5.74, 6) is 0.828. The molecule has 1 rings (SSSR count). The summed E-state index contributed by atoms with van der Waals surface area (Å²) in [5.41, 5.74) is 0.526. The van der Waals surface area contributed by atoms with E-state index >= 15 is 0 Å². The normalized spacial score (nSPS) is 9.86. The van der Waals surface area contributed by atoms with Gasteiger partial charge in [0.05, 0.1) is 4.92 Å². The lowest BCUT2D eigenvalue weighted by atomic mass is 9.98. The summed E-state index contributed by atoms with van der Waals surface area (Å²) in [4.78, 5) is 10.2. The van der Waals surface area contributed by atoms with E-state index in [1.165, 1.54) is 6.07 Å². The maximum Gasteiger partial charge on any atom is 0.290 e. The van der Waals surface area contributed by atoms with Crippen LogP contribution in [0, 0.1) is 27.4 Å². The van der Waals surface area contributed by atoms with Gasteiger partial charge in [-0.15, -0.1) is 0 Å². The second kappa shape index (κ2) is 3.88. The van der Waals surface area contributed by atoms with Crippen molar-refractivity contribution in [2.75, 3.05) is 0 Å². The maximum atomic E-state index is 10.7. The van der Waals surface area contributed by atoms with Gasteiger partial charge in [0.15, 0.2) is 0 Å². The Bertz CT molecular complexity index is 405. The smallest absolute Gasteiger partial charge is 0.258 e. The van der Waals surface area contributed by atoms with Gasteiger partial charge in [0.1, 0.15) is 11.6 Å². The number of hydrogen-bond acceptors (Lipinski definition) is 3. The molecule has 0 N–H and O–H groups in total. The molecule has 0 spiro atoms. The summed E-state index contributed by atoms with van der Waals surface area (Å²) < 4.78 is 0.